The number of anilines is 2. The molecule has 0 radical (unpaired) electrons. The van der Waals surface area contributed by atoms with Crippen LogP contribution in [-0.2, 0) is 9.84 Å². The molecule has 2 saturated heterocycles. The van der Waals surface area contributed by atoms with Gasteiger partial charge in [-0.1, -0.05) is 29.8 Å². The Kier molecular flexibility index (Phi) is 4.00. The van der Waals surface area contributed by atoms with Crippen LogP contribution >= 0.6 is 11.6 Å². The van der Waals surface area contributed by atoms with Crippen molar-refractivity contribution in [2.24, 2.45) is 0 Å². The summed E-state index contributed by atoms with van der Waals surface area (Å²) in [6.07, 6.45) is 0. The second-order valence-corrected chi connectivity index (χ2v) is 9.52. The number of carbonyl (C=O) groups excluding carboxylic acids is 1. The SMILES string of the molecule is Cc1ccc(N2C(=O)N(c3ccccc3Cl)[C@H]3CS(=O)(=O)C[C@H]32)cc1C. The monoisotopic (exact) mass is 390 g/mol. The number of nitrogens with zero attached hydrogens (tertiary/aromatic N) is 2. The normalized spacial score (nSPS) is 24.2. The Bertz CT molecular complexity index is 1010. The molecule has 0 bridgehead atoms. The molecule has 0 aliphatic carbocycles. The van der Waals surface area contributed by atoms with Gasteiger partial charge in [0.1, 0.15) is 0 Å². The van der Waals surface area contributed by atoms with Gasteiger partial charge in [-0.05, 0) is 49.2 Å². The molecule has 2 fully saturated rings. The minimum atomic E-state index is -3.22. The van der Waals surface area contributed by atoms with Crippen molar-refractivity contribution < 1.29 is 13.2 Å². The zero-order valence-corrected chi connectivity index (χ0v) is 16.1. The summed E-state index contributed by atoms with van der Waals surface area (Å²) in [5, 5.41) is 0.436. The molecule has 2 aliphatic heterocycles. The van der Waals surface area contributed by atoms with Crippen molar-refractivity contribution >= 4 is 38.8 Å². The van der Waals surface area contributed by atoms with Gasteiger partial charge in [-0.15, -0.1) is 0 Å². The second kappa shape index (κ2) is 5.99. The first-order valence-corrected chi connectivity index (χ1v) is 10.6. The lowest BCUT2D eigenvalue weighted by molar-refractivity contribution is 0.255. The summed E-state index contributed by atoms with van der Waals surface area (Å²) >= 11 is 6.31. The molecule has 0 spiro atoms. The minimum Gasteiger partial charge on any atom is -0.288 e. The lowest BCUT2D eigenvalue weighted by Gasteiger charge is -2.23. The first kappa shape index (κ1) is 17.4. The Labute approximate surface area is 158 Å². The molecule has 2 aromatic carbocycles. The van der Waals surface area contributed by atoms with E-state index in [1.165, 1.54) is 0 Å². The zero-order chi connectivity index (χ0) is 18.6. The van der Waals surface area contributed by atoms with Gasteiger partial charge in [0.2, 0.25) is 0 Å². The van der Waals surface area contributed by atoms with E-state index < -0.39 is 21.9 Å². The molecular weight excluding hydrogens is 372 g/mol. The number of amides is 2. The van der Waals surface area contributed by atoms with Crippen molar-refractivity contribution in [2.45, 2.75) is 25.9 Å². The van der Waals surface area contributed by atoms with E-state index in [-0.39, 0.29) is 17.5 Å². The summed E-state index contributed by atoms with van der Waals surface area (Å²) in [4.78, 5) is 16.4. The quantitative estimate of drug-likeness (QED) is 0.736. The third kappa shape index (κ3) is 2.68. The van der Waals surface area contributed by atoms with Gasteiger partial charge in [-0.25, -0.2) is 13.2 Å². The molecule has 5 nitrogen and oxygen atoms in total. The van der Waals surface area contributed by atoms with Crippen LogP contribution in [0.15, 0.2) is 42.5 Å². The average molecular weight is 391 g/mol. The number of hydrogen-bond acceptors (Lipinski definition) is 3. The minimum absolute atomic E-state index is 0.0305. The van der Waals surface area contributed by atoms with Crippen molar-refractivity contribution in [1.29, 1.82) is 0 Å². The lowest BCUT2D eigenvalue weighted by atomic mass is 10.1. The van der Waals surface area contributed by atoms with Crippen LogP contribution in [0.4, 0.5) is 16.2 Å². The van der Waals surface area contributed by atoms with Crippen LogP contribution in [-0.4, -0.2) is 38.0 Å². The predicted molar refractivity (Wildman–Crippen MR) is 104 cm³/mol. The highest BCUT2D eigenvalue weighted by molar-refractivity contribution is 7.91. The van der Waals surface area contributed by atoms with Gasteiger partial charge < -0.3 is 0 Å². The van der Waals surface area contributed by atoms with Gasteiger partial charge in [0.25, 0.3) is 0 Å². The fourth-order valence-electron chi connectivity index (χ4n) is 3.81. The molecule has 2 amide bonds. The molecule has 136 valence electrons. The van der Waals surface area contributed by atoms with E-state index in [4.69, 9.17) is 11.6 Å². The van der Waals surface area contributed by atoms with Gasteiger partial charge in [0.05, 0.1) is 34.3 Å². The smallest absolute Gasteiger partial charge is 0.288 e. The number of urea groups is 1. The Morgan fingerprint density at radius 2 is 1.62 bits per heavy atom. The number of aryl methyl sites for hydroxylation is 2. The molecule has 2 aromatic rings. The van der Waals surface area contributed by atoms with Crippen LogP contribution in [0.5, 0.6) is 0 Å². The summed E-state index contributed by atoms with van der Waals surface area (Å²) in [6.45, 7) is 3.98. The van der Waals surface area contributed by atoms with E-state index in [0.29, 0.717) is 10.7 Å². The number of benzene rings is 2. The van der Waals surface area contributed by atoms with Crippen molar-refractivity contribution in [3.05, 3.63) is 58.6 Å². The average Bonchev–Trinajstić information content (AvgIpc) is 3.00. The summed E-state index contributed by atoms with van der Waals surface area (Å²) in [5.74, 6) is -0.0761. The molecule has 2 atom stereocenters. The highest BCUT2D eigenvalue weighted by atomic mass is 35.5. The molecule has 0 saturated carbocycles. The van der Waals surface area contributed by atoms with Gasteiger partial charge in [0.15, 0.2) is 9.84 Å². The number of para-hydroxylation sites is 1. The van der Waals surface area contributed by atoms with Gasteiger partial charge >= 0.3 is 6.03 Å². The molecule has 0 N–H and O–H groups in total. The molecule has 7 heteroatoms. The van der Waals surface area contributed by atoms with Crippen LogP contribution in [0.3, 0.4) is 0 Å². The van der Waals surface area contributed by atoms with E-state index in [1.807, 2.05) is 32.0 Å². The van der Waals surface area contributed by atoms with Crippen LogP contribution in [0.1, 0.15) is 11.1 Å². The standard InChI is InChI=1S/C19H19ClN2O3S/c1-12-7-8-14(9-13(12)2)21-17-10-26(24,25)11-18(17)22(19(21)23)16-6-4-3-5-15(16)20/h3-9,17-18H,10-11H2,1-2H3/t17-,18+/m1/s1. The Balaban J connectivity index is 1.84. The van der Waals surface area contributed by atoms with Crippen LogP contribution in [0.2, 0.25) is 5.02 Å². The van der Waals surface area contributed by atoms with Gasteiger partial charge in [-0.3, -0.25) is 9.80 Å². The summed E-state index contributed by atoms with van der Waals surface area (Å²) in [6, 6.07) is 11.7. The van der Waals surface area contributed by atoms with Crippen LogP contribution in [0.25, 0.3) is 0 Å². The predicted octanol–water partition coefficient (Wildman–Crippen LogP) is 3.57. The molecule has 4 rings (SSSR count). The summed E-state index contributed by atoms with van der Waals surface area (Å²) in [7, 11) is -3.22. The molecule has 0 aromatic heterocycles. The van der Waals surface area contributed by atoms with E-state index in [0.717, 1.165) is 16.8 Å². The fourth-order valence-corrected chi connectivity index (χ4v) is 5.96. The number of halogens is 1. The number of rotatable bonds is 2. The van der Waals surface area contributed by atoms with Gasteiger partial charge in [0, 0.05) is 5.69 Å². The first-order chi connectivity index (χ1) is 12.3. The van der Waals surface area contributed by atoms with E-state index in [2.05, 4.69) is 0 Å². The largest absolute Gasteiger partial charge is 0.329 e. The maximum atomic E-state index is 13.3. The second-order valence-electron chi connectivity index (χ2n) is 6.95. The zero-order valence-electron chi connectivity index (χ0n) is 14.5. The molecule has 0 unspecified atom stereocenters. The Hall–Kier alpha value is -2.05. The number of hydrogen-bond donors (Lipinski definition) is 0. The highest BCUT2D eigenvalue weighted by Gasteiger charge is 2.54. The molecule has 2 aliphatic rings. The number of fused-ring (bicyclic) bond motifs is 1. The third-order valence-corrected chi connectivity index (χ3v) is 7.27. The van der Waals surface area contributed by atoms with Gasteiger partial charge in [-0.2, -0.15) is 0 Å². The van der Waals surface area contributed by atoms with Crippen LogP contribution in [0, 0.1) is 13.8 Å². The molecule has 2 heterocycles. The topological polar surface area (TPSA) is 57.7 Å². The van der Waals surface area contributed by atoms with E-state index in [9.17, 15) is 13.2 Å². The molecule has 26 heavy (non-hydrogen) atoms. The summed E-state index contributed by atoms with van der Waals surface area (Å²) < 4.78 is 24.6. The van der Waals surface area contributed by atoms with Crippen molar-refractivity contribution in [3.8, 4) is 0 Å². The van der Waals surface area contributed by atoms with E-state index in [1.54, 1.807) is 34.1 Å². The maximum Gasteiger partial charge on any atom is 0.329 e. The first-order valence-electron chi connectivity index (χ1n) is 8.43. The Morgan fingerprint density at radius 1 is 0.962 bits per heavy atom. The highest BCUT2D eigenvalue weighted by Crippen LogP contribution is 2.40. The Morgan fingerprint density at radius 3 is 2.27 bits per heavy atom. The van der Waals surface area contributed by atoms with Crippen LogP contribution < -0.4 is 9.80 Å². The van der Waals surface area contributed by atoms with Crippen molar-refractivity contribution in [3.63, 3.8) is 0 Å². The van der Waals surface area contributed by atoms with Crippen molar-refractivity contribution in [1.82, 2.24) is 0 Å². The number of sulfone groups is 1. The third-order valence-electron chi connectivity index (χ3n) is 5.25. The number of carbonyl (C=O) groups is 1. The molecular formula is C19H19ClN2O3S. The summed E-state index contributed by atoms with van der Waals surface area (Å²) in [5.41, 5.74) is 3.46. The lowest BCUT2D eigenvalue weighted by Crippen LogP contribution is -2.38. The van der Waals surface area contributed by atoms with Crippen molar-refractivity contribution in [2.75, 3.05) is 21.3 Å². The fraction of sp³-hybridized carbons (Fsp3) is 0.316. The van der Waals surface area contributed by atoms with E-state index >= 15 is 0 Å². The maximum absolute atomic E-state index is 13.3.